The molecule has 0 aliphatic carbocycles. The van der Waals surface area contributed by atoms with Crippen LogP contribution in [0.25, 0.3) is 0 Å². The average Bonchev–Trinajstić information content (AvgIpc) is 2.82. The van der Waals surface area contributed by atoms with E-state index >= 15 is 0 Å². The lowest BCUT2D eigenvalue weighted by atomic mass is 10.0. The molecular formula is C13H15FN2S. The van der Waals surface area contributed by atoms with Crippen LogP contribution in [-0.4, -0.2) is 11.5 Å². The Bertz CT molecular complexity index is 468. The molecule has 1 heterocycles. The molecule has 0 saturated carbocycles. The summed E-state index contributed by atoms with van der Waals surface area (Å²) in [5.74, 6) is -0.180. The zero-order chi connectivity index (χ0) is 12.1. The zero-order valence-electron chi connectivity index (χ0n) is 9.74. The summed E-state index contributed by atoms with van der Waals surface area (Å²) in [4.78, 5) is 4.26. The van der Waals surface area contributed by atoms with E-state index in [2.05, 4.69) is 10.3 Å². The Kier molecular flexibility index (Phi) is 4.23. The van der Waals surface area contributed by atoms with Gasteiger partial charge in [0.25, 0.3) is 0 Å². The SMILES string of the molecule is CCNCc1cc(F)ccc1Cc1nccs1. The molecule has 0 amide bonds. The van der Waals surface area contributed by atoms with E-state index < -0.39 is 0 Å². The van der Waals surface area contributed by atoms with E-state index in [0.717, 1.165) is 29.1 Å². The van der Waals surface area contributed by atoms with Gasteiger partial charge in [-0.25, -0.2) is 9.37 Å². The fourth-order valence-electron chi connectivity index (χ4n) is 1.69. The van der Waals surface area contributed by atoms with Crippen LogP contribution in [0.15, 0.2) is 29.8 Å². The van der Waals surface area contributed by atoms with Gasteiger partial charge < -0.3 is 5.32 Å². The van der Waals surface area contributed by atoms with Gasteiger partial charge in [-0.1, -0.05) is 13.0 Å². The Labute approximate surface area is 105 Å². The normalized spacial score (nSPS) is 10.7. The first-order valence-corrected chi connectivity index (χ1v) is 6.54. The third-order valence-electron chi connectivity index (χ3n) is 2.56. The lowest BCUT2D eigenvalue weighted by Gasteiger charge is -2.09. The standard InChI is InChI=1S/C13H15FN2S/c1-2-15-9-11-7-12(14)4-3-10(11)8-13-16-5-6-17-13/h3-7,15H,2,8-9H2,1H3. The first-order chi connectivity index (χ1) is 8.29. The average molecular weight is 250 g/mol. The molecule has 0 unspecified atom stereocenters. The van der Waals surface area contributed by atoms with Crippen LogP contribution in [0.4, 0.5) is 4.39 Å². The van der Waals surface area contributed by atoms with Crippen LogP contribution in [0.5, 0.6) is 0 Å². The third-order valence-corrected chi connectivity index (χ3v) is 3.34. The van der Waals surface area contributed by atoms with Crippen LogP contribution in [0.3, 0.4) is 0 Å². The quantitative estimate of drug-likeness (QED) is 0.882. The molecule has 0 aliphatic rings. The van der Waals surface area contributed by atoms with Gasteiger partial charge >= 0.3 is 0 Å². The molecular weight excluding hydrogens is 235 g/mol. The van der Waals surface area contributed by atoms with Gasteiger partial charge in [0.05, 0.1) is 5.01 Å². The molecule has 17 heavy (non-hydrogen) atoms. The van der Waals surface area contributed by atoms with Gasteiger partial charge in [-0.2, -0.15) is 0 Å². The van der Waals surface area contributed by atoms with Crippen molar-refractivity contribution in [3.63, 3.8) is 0 Å². The molecule has 0 atom stereocenters. The molecule has 2 aromatic rings. The smallest absolute Gasteiger partial charge is 0.123 e. The van der Waals surface area contributed by atoms with Crippen LogP contribution in [0.1, 0.15) is 23.1 Å². The minimum absolute atomic E-state index is 0.180. The van der Waals surface area contributed by atoms with Gasteiger partial charge in [-0.3, -0.25) is 0 Å². The monoisotopic (exact) mass is 250 g/mol. The number of nitrogens with one attached hydrogen (secondary N) is 1. The van der Waals surface area contributed by atoms with E-state index in [0.29, 0.717) is 6.54 Å². The largest absolute Gasteiger partial charge is 0.313 e. The van der Waals surface area contributed by atoms with Crippen molar-refractivity contribution in [3.8, 4) is 0 Å². The van der Waals surface area contributed by atoms with Gasteiger partial charge in [0.2, 0.25) is 0 Å². The van der Waals surface area contributed by atoms with Crippen LogP contribution in [0, 0.1) is 5.82 Å². The number of aromatic nitrogens is 1. The zero-order valence-corrected chi connectivity index (χ0v) is 10.6. The van der Waals surface area contributed by atoms with Crippen molar-refractivity contribution in [2.24, 2.45) is 0 Å². The van der Waals surface area contributed by atoms with Crippen LogP contribution in [-0.2, 0) is 13.0 Å². The number of halogens is 1. The molecule has 0 fully saturated rings. The molecule has 2 nitrogen and oxygen atoms in total. The molecule has 2 rings (SSSR count). The first kappa shape index (κ1) is 12.2. The molecule has 1 N–H and O–H groups in total. The van der Waals surface area contributed by atoms with Gasteiger partial charge in [-0.15, -0.1) is 11.3 Å². The lowest BCUT2D eigenvalue weighted by Crippen LogP contribution is -2.13. The fourth-order valence-corrected chi connectivity index (χ4v) is 2.33. The number of hydrogen-bond donors (Lipinski definition) is 1. The molecule has 0 saturated heterocycles. The highest BCUT2D eigenvalue weighted by atomic mass is 32.1. The van der Waals surface area contributed by atoms with Crippen molar-refractivity contribution in [1.82, 2.24) is 10.3 Å². The van der Waals surface area contributed by atoms with E-state index in [-0.39, 0.29) is 5.82 Å². The summed E-state index contributed by atoms with van der Waals surface area (Å²) >= 11 is 1.63. The van der Waals surface area contributed by atoms with Gasteiger partial charge in [0.1, 0.15) is 5.82 Å². The van der Waals surface area contributed by atoms with Crippen molar-refractivity contribution in [2.75, 3.05) is 6.54 Å². The van der Waals surface area contributed by atoms with Crippen molar-refractivity contribution in [3.05, 3.63) is 51.7 Å². The molecule has 0 radical (unpaired) electrons. The number of hydrogen-bond acceptors (Lipinski definition) is 3. The first-order valence-electron chi connectivity index (χ1n) is 5.66. The van der Waals surface area contributed by atoms with E-state index in [1.165, 1.54) is 6.07 Å². The molecule has 4 heteroatoms. The highest BCUT2D eigenvalue weighted by molar-refractivity contribution is 7.09. The van der Waals surface area contributed by atoms with Crippen molar-refractivity contribution in [1.29, 1.82) is 0 Å². The Balaban J connectivity index is 2.19. The minimum atomic E-state index is -0.180. The molecule has 0 aliphatic heterocycles. The van der Waals surface area contributed by atoms with Crippen molar-refractivity contribution in [2.45, 2.75) is 19.9 Å². The summed E-state index contributed by atoms with van der Waals surface area (Å²) in [6.45, 7) is 3.63. The Morgan fingerprint density at radius 1 is 1.35 bits per heavy atom. The Morgan fingerprint density at radius 3 is 2.94 bits per heavy atom. The second-order valence-corrected chi connectivity index (χ2v) is 4.78. The predicted octanol–water partition coefficient (Wildman–Crippen LogP) is 2.98. The summed E-state index contributed by atoms with van der Waals surface area (Å²) in [5, 5.41) is 6.25. The number of thiazole rings is 1. The third kappa shape index (κ3) is 3.35. The fraction of sp³-hybridized carbons (Fsp3) is 0.308. The maximum atomic E-state index is 13.2. The summed E-state index contributed by atoms with van der Waals surface area (Å²) in [6.07, 6.45) is 2.58. The van der Waals surface area contributed by atoms with E-state index in [4.69, 9.17) is 0 Å². The second kappa shape index (κ2) is 5.89. The molecule has 0 bridgehead atoms. The predicted molar refractivity (Wildman–Crippen MR) is 68.7 cm³/mol. The summed E-state index contributed by atoms with van der Waals surface area (Å²) < 4.78 is 13.2. The maximum absolute atomic E-state index is 13.2. The highest BCUT2D eigenvalue weighted by Crippen LogP contribution is 2.17. The highest BCUT2D eigenvalue weighted by Gasteiger charge is 2.06. The molecule has 0 spiro atoms. The topological polar surface area (TPSA) is 24.9 Å². The molecule has 1 aromatic carbocycles. The van der Waals surface area contributed by atoms with Gasteiger partial charge in [-0.05, 0) is 29.8 Å². The summed E-state index contributed by atoms with van der Waals surface area (Å²) in [7, 11) is 0. The van der Waals surface area contributed by atoms with E-state index in [1.54, 1.807) is 23.6 Å². The molecule has 90 valence electrons. The summed E-state index contributed by atoms with van der Waals surface area (Å²) in [5.41, 5.74) is 2.16. The van der Waals surface area contributed by atoms with E-state index in [9.17, 15) is 4.39 Å². The van der Waals surface area contributed by atoms with Crippen LogP contribution in [0.2, 0.25) is 0 Å². The Hall–Kier alpha value is -1.26. The van der Waals surface area contributed by atoms with Gasteiger partial charge in [0.15, 0.2) is 0 Å². The number of benzene rings is 1. The van der Waals surface area contributed by atoms with Crippen LogP contribution < -0.4 is 5.32 Å². The van der Waals surface area contributed by atoms with Crippen LogP contribution >= 0.6 is 11.3 Å². The minimum Gasteiger partial charge on any atom is -0.313 e. The Morgan fingerprint density at radius 2 is 2.24 bits per heavy atom. The van der Waals surface area contributed by atoms with Crippen molar-refractivity contribution < 1.29 is 4.39 Å². The number of nitrogens with zero attached hydrogens (tertiary/aromatic N) is 1. The maximum Gasteiger partial charge on any atom is 0.123 e. The lowest BCUT2D eigenvalue weighted by molar-refractivity contribution is 0.620. The number of rotatable bonds is 5. The van der Waals surface area contributed by atoms with E-state index in [1.807, 2.05) is 18.4 Å². The second-order valence-electron chi connectivity index (χ2n) is 3.80. The van der Waals surface area contributed by atoms with Crippen molar-refractivity contribution >= 4 is 11.3 Å². The van der Waals surface area contributed by atoms with Gasteiger partial charge in [0, 0.05) is 24.5 Å². The summed E-state index contributed by atoms with van der Waals surface area (Å²) in [6, 6.07) is 4.97. The molecule has 1 aromatic heterocycles.